The number of carbonyl (C=O) groups excluding carboxylic acids is 1. The molecule has 0 aliphatic rings. The van der Waals surface area contributed by atoms with Crippen molar-refractivity contribution in [3.05, 3.63) is 59.7 Å². The normalized spacial score (nSPS) is 10.3. The van der Waals surface area contributed by atoms with E-state index in [0.717, 1.165) is 24.4 Å². The highest BCUT2D eigenvalue weighted by atomic mass is 16.5. The Morgan fingerprint density at radius 2 is 1.92 bits per heavy atom. The number of ether oxygens (including phenoxy) is 1. The summed E-state index contributed by atoms with van der Waals surface area (Å²) in [5, 5.41) is 2.92. The lowest BCUT2D eigenvalue weighted by Crippen LogP contribution is -2.37. The lowest BCUT2D eigenvalue weighted by molar-refractivity contribution is -0.123. The van der Waals surface area contributed by atoms with E-state index in [1.54, 1.807) is 0 Å². The van der Waals surface area contributed by atoms with Crippen LogP contribution in [0.4, 0.5) is 5.69 Å². The molecule has 0 aliphatic heterocycles. The molecule has 2 aromatic carbocycles. The molecule has 0 atom stereocenters. The van der Waals surface area contributed by atoms with Crippen molar-refractivity contribution in [1.82, 2.24) is 5.32 Å². The monoisotopic (exact) mass is 326 g/mol. The Hall–Kier alpha value is -2.49. The maximum absolute atomic E-state index is 11.9. The largest absolute Gasteiger partial charge is 0.484 e. The molecule has 2 rings (SSSR count). The number of hydrogen-bond donors (Lipinski definition) is 1. The van der Waals surface area contributed by atoms with Crippen LogP contribution in [0.2, 0.25) is 0 Å². The summed E-state index contributed by atoms with van der Waals surface area (Å²) in [4.78, 5) is 14.2. The fraction of sp³-hybridized carbons (Fsp3) is 0.350. The third-order valence-corrected chi connectivity index (χ3v) is 3.90. The second-order valence-corrected chi connectivity index (χ2v) is 5.82. The number of rotatable bonds is 8. The lowest BCUT2D eigenvalue weighted by atomic mass is 10.2. The molecule has 0 bridgehead atoms. The van der Waals surface area contributed by atoms with Crippen LogP contribution in [0, 0.1) is 13.8 Å². The van der Waals surface area contributed by atoms with Gasteiger partial charge >= 0.3 is 0 Å². The number of nitrogens with zero attached hydrogens (tertiary/aromatic N) is 1. The van der Waals surface area contributed by atoms with E-state index in [4.69, 9.17) is 4.74 Å². The molecular weight excluding hydrogens is 300 g/mol. The van der Waals surface area contributed by atoms with Gasteiger partial charge in [-0.15, -0.1) is 0 Å². The minimum absolute atomic E-state index is 0.0431. The molecule has 0 radical (unpaired) electrons. The van der Waals surface area contributed by atoms with Gasteiger partial charge in [-0.1, -0.05) is 30.3 Å². The minimum Gasteiger partial charge on any atom is -0.484 e. The van der Waals surface area contributed by atoms with Crippen LogP contribution >= 0.6 is 0 Å². The van der Waals surface area contributed by atoms with Crippen molar-refractivity contribution in [1.29, 1.82) is 0 Å². The van der Waals surface area contributed by atoms with Crippen molar-refractivity contribution in [2.75, 3.05) is 31.1 Å². The van der Waals surface area contributed by atoms with Gasteiger partial charge in [-0.25, -0.2) is 0 Å². The highest BCUT2D eigenvalue weighted by molar-refractivity contribution is 5.77. The van der Waals surface area contributed by atoms with Gasteiger partial charge in [0.25, 0.3) is 5.91 Å². The summed E-state index contributed by atoms with van der Waals surface area (Å²) in [6.45, 7) is 8.48. The molecule has 0 saturated carbocycles. The number of para-hydroxylation sites is 1. The van der Waals surface area contributed by atoms with Crippen LogP contribution in [0.3, 0.4) is 0 Å². The number of hydrogen-bond acceptors (Lipinski definition) is 3. The number of amides is 1. The van der Waals surface area contributed by atoms with E-state index in [-0.39, 0.29) is 12.5 Å². The average molecular weight is 326 g/mol. The first-order valence-corrected chi connectivity index (χ1v) is 8.37. The first-order chi connectivity index (χ1) is 11.6. The molecule has 24 heavy (non-hydrogen) atoms. The molecular formula is C20H26N2O2. The predicted octanol–water partition coefficient (Wildman–Crippen LogP) is 3.32. The highest BCUT2D eigenvalue weighted by Gasteiger charge is 2.07. The van der Waals surface area contributed by atoms with Crippen molar-refractivity contribution >= 4 is 11.6 Å². The number of carbonyl (C=O) groups is 1. The van der Waals surface area contributed by atoms with Gasteiger partial charge < -0.3 is 15.0 Å². The number of aryl methyl sites for hydroxylation is 2. The topological polar surface area (TPSA) is 41.6 Å². The van der Waals surface area contributed by atoms with Crippen LogP contribution in [-0.2, 0) is 4.79 Å². The van der Waals surface area contributed by atoms with Gasteiger partial charge in [0.2, 0.25) is 0 Å². The van der Waals surface area contributed by atoms with E-state index in [0.29, 0.717) is 6.54 Å². The van der Waals surface area contributed by atoms with Crippen molar-refractivity contribution in [2.45, 2.75) is 20.8 Å². The van der Waals surface area contributed by atoms with Gasteiger partial charge in [0.1, 0.15) is 5.75 Å². The van der Waals surface area contributed by atoms with Crippen molar-refractivity contribution in [3.8, 4) is 5.75 Å². The Balaban J connectivity index is 1.76. The molecule has 1 amide bonds. The first kappa shape index (κ1) is 17.9. The number of benzene rings is 2. The molecule has 1 N–H and O–H groups in total. The predicted molar refractivity (Wildman–Crippen MR) is 98.7 cm³/mol. The van der Waals surface area contributed by atoms with Gasteiger partial charge in [0.05, 0.1) is 0 Å². The summed E-state index contributed by atoms with van der Waals surface area (Å²) in [6, 6.07) is 16.1. The van der Waals surface area contributed by atoms with Crippen LogP contribution < -0.4 is 15.0 Å². The summed E-state index contributed by atoms with van der Waals surface area (Å²) in [5.41, 5.74) is 3.45. The number of nitrogens with one attached hydrogen (secondary N) is 1. The Morgan fingerprint density at radius 3 is 2.62 bits per heavy atom. The SMILES string of the molecule is CCN(CCNC(=O)COc1ccccc1C)c1cccc(C)c1. The van der Waals surface area contributed by atoms with Crippen LogP contribution in [-0.4, -0.2) is 32.1 Å². The fourth-order valence-electron chi connectivity index (χ4n) is 2.54. The average Bonchev–Trinajstić information content (AvgIpc) is 2.58. The van der Waals surface area contributed by atoms with E-state index in [2.05, 4.69) is 48.3 Å². The molecule has 0 aliphatic carbocycles. The molecule has 0 heterocycles. The second kappa shape index (κ2) is 8.96. The highest BCUT2D eigenvalue weighted by Crippen LogP contribution is 2.16. The van der Waals surface area contributed by atoms with Gasteiger partial charge in [-0.3, -0.25) is 4.79 Å². The van der Waals surface area contributed by atoms with Gasteiger partial charge in [-0.2, -0.15) is 0 Å². The summed E-state index contributed by atoms with van der Waals surface area (Å²) >= 11 is 0. The molecule has 128 valence electrons. The zero-order valence-corrected chi connectivity index (χ0v) is 14.7. The molecule has 0 spiro atoms. The lowest BCUT2D eigenvalue weighted by Gasteiger charge is -2.23. The van der Waals surface area contributed by atoms with E-state index in [1.165, 1.54) is 11.3 Å². The minimum atomic E-state index is -0.0986. The van der Waals surface area contributed by atoms with Gasteiger partial charge in [-0.05, 0) is 50.1 Å². The fourth-order valence-corrected chi connectivity index (χ4v) is 2.54. The standard InChI is InChI=1S/C20H26N2O2/c1-4-22(18-10-7-8-16(2)14-18)13-12-21-20(23)15-24-19-11-6-5-9-17(19)3/h5-11,14H,4,12-13,15H2,1-3H3,(H,21,23). The first-order valence-electron chi connectivity index (χ1n) is 8.37. The van der Waals surface area contributed by atoms with Crippen LogP contribution in [0.15, 0.2) is 48.5 Å². The van der Waals surface area contributed by atoms with E-state index >= 15 is 0 Å². The molecule has 2 aromatic rings. The van der Waals surface area contributed by atoms with Crippen molar-refractivity contribution in [2.24, 2.45) is 0 Å². The van der Waals surface area contributed by atoms with Crippen molar-refractivity contribution in [3.63, 3.8) is 0 Å². The van der Waals surface area contributed by atoms with Crippen LogP contribution in [0.1, 0.15) is 18.1 Å². The maximum Gasteiger partial charge on any atom is 0.258 e. The Labute approximate surface area is 144 Å². The Morgan fingerprint density at radius 1 is 1.12 bits per heavy atom. The third kappa shape index (κ3) is 5.30. The second-order valence-electron chi connectivity index (χ2n) is 5.82. The summed E-state index contributed by atoms with van der Waals surface area (Å²) in [5.74, 6) is 0.654. The smallest absolute Gasteiger partial charge is 0.258 e. The molecule has 0 saturated heterocycles. The number of anilines is 1. The Kier molecular flexibility index (Phi) is 6.67. The molecule has 0 aromatic heterocycles. The van der Waals surface area contributed by atoms with E-state index in [1.807, 2.05) is 31.2 Å². The molecule has 4 nitrogen and oxygen atoms in total. The molecule has 4 heteroatoms. The zero-order valence-electron chi connectivity index (χ0n) is 14.7. The summed E-state index contributed by atoms with van der Waals surface area (Å²) < 4.78 is 5.56. The zero-order chi connectivity index (χ0) is 17.4. The van der Waals surface area contributed by atoms with Crippen LogP contribution in [0.5, 0.6) is 5.75 Å². The quantitative estimate of drug-likeness (QED) is 0.809. The van der Waals surface area contributed by atoms with Crippen molar-refractivity contribution < 1.29 is 9.53 Å². The van der Waals surface area contributed by atoms with Gasteiger partial charge in [0, 0.05) is 25.3 Å². The maximum atomic E-state index is 11.9. The molecule has 0 fully saturated rings. The van der Waals surface area contributed by atoms with E-state index < -0.39 is 0 Å². The Bertz CT molecular complexity index is 670. The molecule has 0 unspecified atom stereocenters. The summed E-state index contributed by atoms with van der Waals surface area (Å²) in [6.07, 6.45) is 0. The van der Waals surface area contributed by atoms with Gasteiger partial charge in [0.15, 0.2) is 6.61 Å². The number of likely N-dealkylation sites (N-methyl/N-ethyl adjacent to an activating group) is 1. The third-order valence-electron chi connectivity index (χ3n) is 3.90. The van der Waals surface area contributed by atoms with Crippen LogP contribution in [0.25, 0.3) is 0 Å². The summed E-state index contributed by atoms with van der Waals surface area (Å²) in [7, 11) is 0. The van der Waals surface area contributed by atoms with E-state index in [9.17, 15) is 4.79 Å².